The van der Waals surface area contributed by atoms with Crippen LogP contribution < -0.4 is 10.7 Å². The molecule has 0 atom stereocenters. The number of carbonyl (C=O) groups excluding carboxylic acids is 1. The maximum Gasteiger partial charge on any atom is 0.259 e. The van der Waals surface area contributed by atoms with Crippen LogP contribution in [0, 0.1) is 20.8 Å². The second-order valence-corrected chi connectivity index (χ2v) is 5.91. The first-order valence-corrected chi connectivity index (χ1v) is 7.81. The van der Waals surface area contributed by atoms with Gasteiger partial charge in [-0.15, -0.1) is 0 Å². The Kier molecular flexibility index (Phi) is 5.58. The van der Waals surface area contributed by atoms with E-state index >= 15 is 0 Å². The molecule has 0 bridgehead atoms. The van der Waals surface area contributed by atoms with Crippen LogP contribution in [0.4, 0.5) is 5.69 Å². The predicted octanol–water partition coefficient (Wildman–Crippen LogP) is 3.27. The predicted molar refractivity (Wildman–Crippen MR) is 97.6 cm³/mol. The van der Waals surface area contributed by atoms with Crippen LogP contribution >= 0.6 is 0 Å². The van der Waals surface area contributed by atoms with Crippen molar-refractivity contribution in [1.29, 1.82) is 0 Å². The Bertz CT molecular complexity index is 742. The molecule has 0 aromatic heterocycles. The van der Waals surface area contributed by atoms with Crippen molar-refractivity contribution in [3.63, 3.8) is 0 Å². The number of benzene rings is 2. The maximum atomic E-state index is 12.0. The lowest BCUT2D eigenvalue weighted by molar-refractivity contribution is -0.119. The van der Waals surface area contributed by atoms with Crippen LogP contribution in [0.3, 0.4) is 0 Å². The topological polar surface area (TPSA) is 73.7 Å². The lowest BCUT2D eigenvalue weighted by Gasteiger charge is -2.13. The van der Waals surface area contributed by atoms with E-state index in [1.54, 1.807) is 31.2 Å². The van der Waals surface area contributed by atoms with Crippen LogP contribution in [0.15, 0.2) is 41.5 Å². The van der Waals surface area contributed by atoms with E-state index in [9.17, 15) is 9.90 Å². The summed E-state index contributed by atoms with van der Waals surface area (Å²) < 4.78 is 0. The molecular formula is C19H23N3O2. The summed E-state index contributed by atoms with van der Waals surface area (Å²) in [5, 5.41) is 16.5. The largest absolute Gasteiger partial charge is 0.508 e. The van der Waals surface area contributed by atoms with Gasteiger partial charge in [0.05, 0.1) is 12.3 Å². The number of rotatable bonds is 5. The van der Waals surface area contributed by atoms with E-state index in [2.05, 4.69) is 34.9 Å². The Morgan fingerprint density at radius 1 is 1.08 bits per heavy atom. The Labute approximate surface area is 142 Å². The molecule has 0 radical (unpaired) electrons. The van der Waals surface area contributed by atoms with Gasteiger partial charge in [0.1, 0.15) is 5.75 Å². The molecule has 0 aliphatic carbocycles. The number of hydrogen-bond donors (Lipinski definition) is 3. The van der Waals surface area contributed by atoms with Crippen LogP contribution in [-0.2, 0) is 4.79 Å². The van der Waals surface area contributed by atoms with Gasteiger partial charge in [0.25, 0.3) is 5.91 Å². The lowest BCUT2D eigenvalue weighted by atomic mass is 10.1. The molecule has 0 saturated heterocycles. The second-order valence-electron chi connectivity index (χ2n) is 5.91. The van der Waals surface area contributed by atoms with Gasteiger partial charge in [-0.05, 0) is 68.7 Å². The number of amides is 1. The van der Waals surface area contributed by atoms with Crippen LogP contribution in [-0.4, -0.2) is 23.3 Å². The summed E-state index contributed by atoms with van der Waals surface area (Å²) in [5.41, 5.74) is 8.47. The van der Waals surface area contributed by atoms with Gasteiger partial charge in [-0.25, -0.2) is 5.43 Å². The van der Waals surface area contributed by atoms with Crippen LogP contribution in [0.5, 0.6) is 5.75 Å². The Hall–Kier alpha value is -2.82. The molecule has 126 valence electrons. The number of nitrogens with zero attached hydrogens (tertiary/aromatic N) is 1. The van der Waals surface area contributed by atoms with E-state index in [1.807, 2.05) is 13.8 Å². The van der Waals surface area contributed by atoms with Crippen molar-refractivity contribution in [2.45, 2.75) is 27.7 Å². The van der Waals surface area contributed by atoms with Gasteiger partial charge in [0.2, 0.25) is 0 Å². The highest BCUT2D eigenvalue weighted by molar-refractivity contribution is 5.99. The average molecular weight is 325 g/mol. The van der Waals surface area contributed by atoms with Gasteiger partial charge < -0.3 is 10.4 Å². The minimum Gasteiger partial charge on any atom is -0.508 e. The molecule has 0 unspecified atom stereocenters. The third-order valence-corrected chi connectivity index (χ3v) is 3.74. The molecule has 2 aromatic carbocycles. The Balaban J connectivity index is 1.94. The molecule has 5 heteroatoms. The molecule has 1 amide bonds. The maximum absolute atomic E-state index is 12.0. The van der Waals surface area contributed by atoms with Crippen molar-refractivity contribution in [2.24, 2.45) is 5.10 Å². The van der Waals surface area contributed by atoms with Crippen molar-refractivity contribution in [2.75, 3.05) is 11.9 Å². The molecule has 0 saturated carbocycles. The number of hydrazone groups is 1. The van der Waals surface area contributed by atoms with Gasteiger partial charge in [-0.2, -0.15) is 5.10 Å². The number of anilines is 1. The fourth-order valence-corrected chi connectivity index (χ4v) is 2.58. The Morgan fingerprint density at radius 3 is 2.25 bits per heavy atom. The van der Waals surface area contributed by atoms with E-state index in [0.29, 0.717) is 5.71 Å². The van der Waals surface area contributed by atoms with Gasteiger partial charge in [0, 0.05) is 5.69 Å². The van der Waals surface area contributed by atoms with E-state index in [1.165, 1.54) is 5.56 Å². The quantitative estimate of drug-likeness (QED) is 0.583. The van der Waals surface area contributed by atoms with Crippen molar-refractivity contribution >= 4 is 17.3 Å². The molecule has 3 N–H and O–H groups in total. The van der Waals surface area contributed by atoms with Crippen molar-refractivity contribution < 1.29 is 9.90 Å². The zero-order chi connectivity index (χ0) is 17.7. The molecule has 0 fully saturated rings. The molecule has 5 nitrogen and oxygen atoms in total. The molecule has 24 heavy (non-hydrogen) atoms. The zero-order valence-corrected chi connectivity index (χ0v) is 14.5. The Morgan fingerprint density at radius 2 is 1.67 bits per heavy atom. The van der Waals surface area contributed by atoms with Crippen LogP contribution in [0.1, 0.15) is 29.2 Å². The highest BCUT2D eigenvalue weighted by Gasteiger charge is 2.06. The molecule has 2 aromatic rings. The van der Waals surface area contributed by atoms with Gasteiger partial charge in [0.15, 0.2) is 0 Å². The minimum atomic E-state index is -0.215. The summed E-state index contributed by atoms with van der Waals surface area (Å²) in [7, 11) is 0. The van der Waals surface area contributed by atoms with E-state index in [0.717, 1.165) is 22.4 Å². The lowest BCUT2D eigenvalue weighted by Crippen LogP contribution is -2.27. The number of aryl methyl sites for hydroxylation is 3. The third kappa shape index (κ3) is 4.59. The third-order valence-electron chi connectivity index (χ3n) is 3.74. The fourth-order valence-electron chi connectivity index (χ4n) is 2.58. The van der Waals surface area contributed by atoms with Gasteiger partial charge in [-0.1, -0.05) is 17.7 Å². The van der Waals surface area contributed by atoms with Crippen molar-refractivity contribution in [3.05, 3.63) is 58.7 Å². The molecule has 0 spiro atoms. The van der Waals surface area contributed by atoms with E-state index < -0.39 is 0 Å². The summed E-state index contributed by atoms with van der Waals surface area (Å²) in [5.74, 6) is -0.0175. The summed E-state index contributed by atoms with van der Waals surface area (Å²) >= 11 is 0. The number of phenols is 1. The van der Waals surface area contributed by atoms with Crippen molar-refractivity contribution in [3.8, 4) is 5.75 Å². The van der Waals surface area contributed by atoms with Crippen LogP contribution in [0.25, 0.3) is 0 Å². The highest BCUT2D eigenvalue weighted by Crippen LogP contribution is 2.21. The first-order valence-electron chi connectivity index (χ1n) is 7.81. The monoisotopic (exact) mass is 325 g/mol. The normalized spacial score (nSPS) is 11.2. The molecule has 2 rings (SSSR count). The summed E-state index contributed by atoms with van der Waals surface area (Å²) in [4.78, 5) is 12.0. The number of hydrogen-bond acceptors (Lipinski definition) is 4. The zero-order valence-electron chi connectivity index (χ0n) is 14.5. The second kappa shape index (κ2) is 7.64. The summed E-state index contributed by atoms with van der Waals surface area (Å²) in [6, 6.07) is 10.8. The standard InChI is InChI=1S/C19H23N3O2/c1-12-9-13(2)19(14(3)10-12)20-11-18(24)22-21-15(4)16-5-7-17(23)8-6-16/h5-10,20,23H,11H2,1-4H3,(H,22,24)/b21-15+. The molecule has 0 heterocycles. The van der Waals surface area contributed by atoms with E-state index in [4.69, 9.17) is 0 Å². The number of carbonyl (C=O) groups is 1. The first-order chi connectivity index (χ1) is 11.4. The SMILES string of the molecule is C/C(=N\NC(=O)CNc1c(C)cc(C)cc1C)c1ccc(O)cc1. The summed E-state index contributed by atoms with van der Waals surface area (Å²) in [6.45, 7) is 8.05. The highest BCUT2D eigenvalue weighted by atomic mass is 16.3. The van der Waals surface area contributed by atoms with Gasteiger partial charge >= 0.3 is 0 Å². The van der Waals surface area contributed by atoms with E-state index in [-0.39, 0.29) is 18.2 Å². The number of aromatic hydroxyl groups is 1. The smallest absolute Gasteiger partial charge is 0.259 e. The number of phenolic OH excluding ortho intramolecular Hbond substituents is 1. The molecule has 0 aliphatic heterocycles. The fraction of sp³-hybridized carbons (Fsp3) is 0.263. The summed E-state index contributed by atoms with van der Waals surface area (Å²) in [6.07, 6.45) is 0. The van der Waals surface area contributed by atoms with Crippen molar-refractivity contribution in [1.82, 2.24) is 5.43 Å². The molecule has 0 aliphatic rings. The number of nitrogens with one attached hydrogen (secondary N) is 2. The van der Waals surface area contributed by atoms with Gasteiger partial charge in [-0.3, -0.25) is 4.79 Å². The average Bonchev–Trinajstić information content (AvgIpc) is 2.52. The molecular weight excluding hydrogens is 302 g/mol. The minimum absolute atomic E-state index is 0.150. The van der Waals surface area contributed by atoms with Crippen LogP contribution in [0.2, 0.25) is 0 Å². The first kappa shape index (κ1) is 17.5.